The first-order chi connectivity index (χ1) is 16.7. The monoisotopic (exact) mass is 487 g/mol. The molecule has 1 saturated heterocycles. The van der Waals surface area contributed by atoms with Crippen molar-refractivity contribution in [1.82, 2.24) is 4.90 Å². The van der Waals surface area contributed by atoms with Crippen molar-refractivity contribution in [1.29, 1.82) is 0 Å². The maximum atomic E-state index is 10.2. The number of phenolic OH excluding ortho intramolecular Hbond substituents is 2. The van der Waals surface area contributed by atoms with Crippen molar-refractivity contribution in [2.45, 2.75) is 25.2 Å². The highest BCUT2D eigenvalue weighted by molar-refractivity contribution is 5.98. The van der Waals surface area contributed by atoms with Gasteiger partial charge in [-0.2, -0.15) is 0 Å². The summed E-state index contributed by atoms with van der Waals surface area (Å²) in [7, 11) is 0. The van der Waals surface area contributed by atoms with E-state index >= 15 is 0 Å². The van der Waals surface area contributed by atoms with Gasteiger partial charge in [-0.15, -0.1) is 12.4 Å². The van der Waals surface area contributed by atoms with Crippen molar-refractivity contribution in [3.05, 3.63) is 89.5 Å². The van der Waals surface area contributed by atoms with E-state index in [4.69, 9.17) is 4.74 Å². The Morgan fingerprint density at radius 2 is 1.51 bits per heavy atom. The molecule has 2 N–H and O–H groups in total. The van der Waals surface area contributed by atoms with Gasteiger partial charge in [0, 0.05) is 12.5 Å². The van der Waals surface area contributed by atoms with E-state index in [0.29, 0.717) is 6.61 Å². The summed E-state index contributed by atoms with van der Waals surface area (Å²) in [6, 6.07) is 23.8. The number of rotatable bonds is 5. The molecule has 1 aliphatic carbocycles. The number of benzene rings is 4. The van der Waals surface area contributed by atoms with Crippen LogP contribution in [0.4, 0.5) is 0 Å². The summed E-state index contributed by atoms with van der Waals surface area (Å²) >= 11 is 0. The normalized spacial score (nSPS) is 17.0. The Morgan fingerprint density at radius 3 is 2.31 bits per heavy atom. The number of hydrogen-bond donors (Lipinski definition) is 2. The minimum absolute atomic E-state index is 0. The van der Waals surface area contributed by atoms with E-state index in [2.05, 4.69) is 35.2 Å². The van der Waals surface area contributed by atoms with Crippen molar-refractivity contribution in [2.24, 2.45) is 0 Å². The summed E-state index contributed by atoms with van der Waals surface area (Å²) in [4.78, 5) is 2.49. The molecule has 1 atom stereocenters. The number of fused-ring (bicyclic) bond motifs is 5. The number of piperidine rings is 1. The Hall–Kier alpha value is -3.21. The van der Waals surface area contributed by atoms with Crippen LogP contribution >= 0.6 is 12.4 Å². The maximum absolute atomic E-state index is 10.2. The maximum Gasteiger partial charge on any atom is 0.119 e. The minimum Gasteiger partial charge on any atom is -0.508 e. The van der Waals surface area contributed by atoms with E-state index < -0.39 is 0 Å². The van der Waals surface area contributed by atoms with Crippen molar-refractivity contribution < 1.29 is 14.9 Å². The topological polar surface area (TPSA) is 52.9 Å². The summed E-state index contributed by atoms with van der Waals surface area (Å²) in [5.41, 5.74) is 5.80. The molecule has 35 heavy (non-hydrogen) atoms. The van der Waals surface area contributed by atoms with Crippen LogP contribution in [0.15, 0.2) is 72.8 Å². The van der Waals surface area contributed by atoms with Crippen LogP contribution < -0.4 is 4.74 Å². The summed E-state index contributed by atoms with van der Waals surface area (Å²) in [6.07, 6.45) is 3.94. The summed E-state index contributed by atoms with van der Waals surface area (Å²) in [5, 5.41) is 22.3. The molecule has 1 aliphatic heterocycles. The van der Waals surface area contributed by atoms with Gasteiger partial charge in [0.15, 0.2) is 0 Å². The van der Waals surface area contributed by atoms with Crippen molar-refractivity contribution >= 4 is 23.2 Å². The lowest BCUT2D eigenvalue weighted by Crippen LogP contribution is -2.33. The van der Waals surface area contributed by atoms with Gasteiger partial charge in [-0.3, -0.25) is 4.90 Å². The lowest BCUT2D eigenvalue weighted by atomic mass is 9.86. The highest BCUT2D eigenvalue weighted by atomic mass is 35.5. The SMILES string of the molecule is Cl.Oc1ccc2c(c1)-c1ccc3cc(O)ccc3c1C2c1ccc(OCCN2CCCCC2)cc1. The molecule has 6 rings (SSSR count). The average Bonchev–Trinajstić information content (AvgIpc) is 3.19. The first kappa shape index (κ1) is 23.5. The Kier molecular flexibility index (Phi) is 6.59. The number of halogens is 1. The van der Waals surface area contributed by atoms with Gasteiger partial charge < -0.3 is 14.9 Å². The number of nitrogens with zero attached hydrogens (tertiary/aromatic N) is 1. The molecule has 0 aromatic heterocycles. The number of hydrogen-bond acceptors (Lipinski definition) is 4. The number of phenols is 2. The van der Waals surface area contributed by atoms with Gasteiger partial charge in [-0.05, 0) is 101 Å². The summed E-state index contributed by atoms with van der Waals surface area (Å²) in [5.74, 6) is 1.49. The van der Waals surface area contributed by atoms with Gasteiger partial charge in [0.2, 0.25) is 0 Å². The average molecular weight is 488 g/mol. The summed E-state index contributed by atoms with van der Waals surface area (Å²) in [6.45, 7) is 4.06. The smallest absolute Gasteiger partial charge is 0.119 e. The first-order valence-electron chi connectivity index (χ1n) is 12.2. The van der Waals surface area contributed by atoms with Gasteiger partial charge in [-0.25, -0.2) is 0 Å². The molecule has 0 bridgehead atoms. The predicted molar refractivity (Wildman–Crippen MR) is 143 cm³/mol. The quantitative estimate of drug-likeness (QED) is 0.289. The van der Waals surface area contributed by atoms with Crippen LogP contribution in [0.1, 0.15) is 41.9 Å². The Bertz CT molecular complexity index is 1350. The van der Waals surface area contributed by atoms with E-state index in [1.54, 1.807) is 12.1 Å². The third-order valence-corrected chi connectivity index (χ3v) is 7.31. The molecule has 1 heterocycles. The molecule has 0 radical (unpaired) electrons. The highest BCUT2D eigenvalue weighted by Crippen LogP contribution is 2.51. The lowest BCUT2D eigenvalue weighted by Gasteiger charge is -2.26. The third-order valence-electron chi connectivity index (χ3n) is 7.31. The van der Waals surface area contributed by atoms with E-state index in [1.165, 1.54) is 49.0 Å². The molecule has 5 heteroatoms. The second-order valence-corrected chi connectivity index (χ2v) is 9.46. The molecular weight excluding hydrogens is 458 g/mol. The van der Waals surface area contributed by atoms with Gasteiger partial charge in [0.25, 0.3) is 0 Å². The molecule has 4 aromatic carbocycles. The number of aromatic hydroxyl groups is 2. The van der Waals surface area contributed by atoms with Crippen LogP contribution in [-0.4, -0.2) is 41.4 Å². The second-order valence-electron chi connectivity index (χ2n) is 9.46. The van der Waals surface area contributed by atoms with Gasteiger partial charge in [0.1, 0.15) is 23.9 Å². The van der Waals surface area contributed by atoms with Crippen LogP contribution in [0.3, 0.4) is 0 Å². The number of likely N-dealkylation sites (tertiary alicyclic amines) is 1. The third kappa shape index (κ3) is 4.44. The second kappa shape index (κ2) is 9.80. The molecule has 1 fully saturated rings. The van der Waals surface area contributed by atoms with Gasteiger partial charge >= 0.3 is 0 Å². The molecule has 4 nitrogen and oxygen atoms in total. The van der Waals surface area contributed by atoms with Gasteiger partial charge in [0.05, 0.1) is 0 Å². The van der Waals surface area contributed by atoms with E-state index in [9.17, 15) is 10.2 Å². The van der Waals surface area contributed by atoms with Crippen LogP contribution in [0.5, 0.6) is 17.2 Å². The highest BCUT2D eigenvalue weighted by Gasteiger charge is 2.32. The first-order valence-corrected chi connectivity index (χ1v) is 12.2. The Balaban J connectivity index is 0.00000253. The molecule has 0 amide bonds. The summed E-state index contributed by atoms with van der Waals surface area (Å²) < 4.78 is 6.06. The molecule has 180 valence electrons. The van der Waals surface area contributed by atoms with Crippen molar-refractivity contribution in [3.63, 3.8) is 0 Å². The fraction of sp³-hybridized carbons (Fsp3) is 0.267. The van der Waals surface area contributed by atoms with Crippen LogP contribution in [0, 0.1) is 0 Å². The van der Waals surface area contributed by atoms with Crippen molar-refractivity contribution in [2.75, 3.05) is 26.2 Å². The van der Waals surface area contributed by atoms with E-state index in [0.717, 1.165) is 34.2 Å². The minimum atomic E-state index is 0. The standard InChI is InChI=1S/C30H29NO3.ClH/c32-22-7-12-25-21(18-22)6-11-27-28-19-23(33)8-13-26(28)29(30(25)27)20-4-9-24(10-5-20)34-17-16-31-14-2-1-3-15-31;/h4-13,18-19,29,32-33H,1-3,14-17H2;1H. The van der Waals surface area contributed by atoms with Crippen LogP contribution in [-0.2, 0) is 0 Å². The fourth-order valence-electron chi connectivity index (χ4n) is 5.65. The molecule has 1 unspecified atom stereocenters. The zero-order valence-corrected chi connectivity index (χ0v) is 20.4. The van der Waals surface area contributed by atoms with Gasteiger partial charge in [-0.1, -0.05) is 42.8 Å². The van der Waals surface area contributed by atoms with Crippen LogP contribution in [0.25, 0.3) is 21.9 Å². The van der Waals surface area contributed by atoms with Crippen LogP contribution in [0.2, 0.25) is 0 Å². The molecule has 0 saturated carbocycles. The fourth-order valence-corrected chi connectivity index (χ4v) is 5.65. The zero-order valence-electron chi connectivity index (χ0n) is 19.6. The van der Waals surface area contributed by atoms with E-state index in [-0.39, 0.29) is 29.8 Å². The Morgan fingerprint density at radius 1 is 0.771 bits per heavy atom. The lowest BCUT2D eigenvalue weighted by molar-refractivity contribution is 0.183. The largest absolute Gasteiger partial charge is 0.508 e. The van der Waals surface area contributed by atoms with Crippen molar-refractivity contribution in [3.8, 4) is 28.4 Å². The molecular formula is C30H30ClNO3. The predicted octanol–water partition coefficient (Wildman–Crippen LogP) is 6.70. The number of ether oxygens (including phenoxy) is 1. The van der Waals surface area contributed by atoms with E-state index in [1.807, 2.05) is 30.3 Å². The molecule has 4 aromatic rings. The Labute approximate surface area is 212 Å². The molecule has 0 spiro atoms. The molecule has 2 aliphatic rings. The zero-order chi connectivity index (χ0) is 23.1.